The summed E-state index contributed by atoms with van der Waals surface area (Å²) in [6.07, 6.45) is 7.89. The van der Waals surface area contributed by atoms with Crippen molar-refractivity contribution in [2.45, 2.75) is 107 Å². The zero-order chi connectivity index (χ0) is 28.3. The van der Waals surface area contributed by atoms with Gasteiger partial charge < -0.3 is 29.8 Å². The Hall–Kier alpha value is -1.94. The van der Waals surface area contributed by atoms with Gasteiger partial charge >= 0.3 is 11.7 Å². The molecule has 0 bridgehead atoms. The highest BCUT2D eigenvalue weighted by atomic mass is 16.6. The number of ether oxygens (including phenoxy) is 1. The molecule has 6 rings (SSSR count). The third-order valence-corrected chi connectivity index (χ3v) is 12.3. The number of aliphatic hydroxyl groups is 3. The zero-order valence-electron chi connectivity index (χ0n) is 23.9. The van der Waals surface area contributed by atoms with Crippen LogP contribution in [0.15, 0.2) is 27.6 Å². The van der Waals surface area contributed by atoms with Crippen LogP contribution in [0.2, 0.25) is 0 Å². The number of carbonyl (C=O) groups is 1. The van der Waals surface area contributed by atoms with Crippen molar-refractivity contribution >= 4 is 6.09 Å². The largest absolute Gasteiger partial charge is 0.446 e. The van der Waals surface area contributed by atoms with Crippen LogP contribution in [-0.2, 0) is 4.74 Å². The number of rotatable bonds is 5. The first-order valence-electron chi connectivity index (χ1n) is 15.4. The fourth-order valence-electron chi connectivity index (χ4n) is 9.91. The Morgan fingerprint density at radius 1 is 1.05 bits per heavy atom. The van der Waals surface area contributed by atoms with Gasteiger partial charge in [0.1, 0.15) is 6.10 Å². The van der Waals surface area contributed by atoms with Crippen molar-refractivity contribution in [3.8, 4) is 0 Å². The molecule has 5 aliphatic rings. The monoisotopic (exact) mass is 558 g/mol. The molecule has 1 aromatic heterocycles. The summed E-state index contributed by atoms with van der Waals surface area (Å²) in [6.45, 7) is 7.06. The van der Waals surface area contributed by atoms with E-state index in [2.05, 4.69) is 24.1 Å². The second-order valence-electron chi connectivity index (χ2n) is 14.0. The van der Waals surface area contributed by atoms with Gasteiger partial charge in [0, 0.05) is 44.1 Å². The summed E-state index contributed by atoms with van der Waals surface area (Å²) in [7, 11) is 0. The third kappa shape index (κ3) is 4.43. The average Bonchev–Trinajstić information content (AvgIpc) is 3.45. The highest BCUT2D eigenvalue weighted by molar-refractivity contribution is 5.67. The number of β-amino-alcohol motifs (C(OH)–C–C–N with tert-alkyl or cyclic N) is 1. The fourth-order valence-corrected chi connectivity index (χ4v) is 9.91. The van der Waals surface area contributed by atoms with Crippen LogP contribution in [0.3, 0.4) is 0 Å². The lowest BCUT2D eigenvalue weighted by Gasteiger charge is -2.66. The molecule has 2 heterocycles. The fraction of sp³-hybridized carbons (Fsp3) is 0.806. The number of likely N-dealkylation sites (tertiary alicyclic amines) is 1. The van der Waals surface area contributed by atoms with Crippen LogP contribution in [-0.4, -0.2) is 75.9 Å². The minimum Gasteiger partial charge on any atom is -0.446 e. The molecule has 1 aromatic rings. The second kappa shape index (κ2) is 10.1. The summed E-state index contributed by atoms with van der Waals surface area (Å²) in [4.78, 5) is 26.2. The Morgan fingerprint density at radius 2 is 1.82 bits per heavy atom. The van der Waals surface area contributed by atoms with Crippen LogP contribution >= 0.6 is 0 Å². The SMILES string of the molecule is C[C@]12CC[C@H](OC(=O)NCCN3CC[C@@H](O)C3)C[C@@]1(O)CC[C@@H]1[C@@H]2CC[C@]2(C)[C@@H](c3ccc(=O)oc3)CC[C@]12O. The number of carbonyl (C=O) groups excluding carboxylic acids is 1. The number of aliphatic hydroxyl groups excluding tert-OH is 1. The molecule has 9 heteroatoms. The molecule has 0 unspecified atom stereocenters. The summed E-state index contributed by atoms with van der Waals surface area (Å²) in [6, 6.07) is 3.33. The molecule has 1 aliphatic heterocycles. The Bertz CT molecular complexity index is 1150. The number of fused-ring (bicyclic) bond motifs is 5. The van der Waals surface area contributed by atoms with E-state index in [1.54, 1.807) is 6.26 Å². The first-order chi connectivity index (χ1) is 19.0. The zero-order valence-corrected chi connectivity index (χ0v) is 23.9. The van der Waals surface area contributed by atoms with Gasteiger partial charge in [-0.2, -0.15) is 0 Å². The minimum atomic E-state index is -0.937. The average molecular weight is 559 g/mol. The van der Waals surface area contributed by atoms with Gasteiger partial charge in [0.05, 0.1) is 23.6 Å². The van der Waals surface area contributed by atoms with E-state index < -0.39 is 17.3 Å². The van der Waals surface area contributed by atoms with Gasteiger partial charge in [-0.25, -0.2) is 9.59 Å². The van der Waals surface area contributed by atoms with Gasteiger partial charge in [-0.15, -0.1) is 0 Å². The van der Waals surface area contributed by atoms with Gasteiger partial charge in [-0.1, -0.05) is 13.8 Å². The molecular formula is C31H46N2O7. The topological polar surface area (TPSA) is 132 Å². The molecule has 9 atom stereocenters. The van der Waals surface area contributed by atoms with Crippen LogP contribution in [0.4, 0.5) is 4.79 Å². The molecule has 5 fully saturated rings. The van der Waals surface area contributed by atoms with Crippen LogP contribution in [0.25, 0.3) is 0 Å². The predicted molar refractivity (Wildman–Crippen MR) is 148 cm³/mol. The number of nitrogens with one attached hydrogen (secondary N) is 1. The Labute approximate surface area is 236 Å². The van der Waals surface area contributed by atoms with E-state index >= 15 is 0 Å². The molecule has 1 amide bonds. The molecule has 0 aromatic carbocycles. The number of amides is 1. The molecule has 4 aliphatic carbocycles. The van der Waals surface area contributed by atoms with Crippen molar-refractivity contribution < 1.29 is 29.3 Å². The smallest absolute Gasteiger partial charge is 0.407 e. The van der Waals surface area contributed by atoms with Crippen molar-refractivity contribution in [2.75, 3.05) is 26.2 Å². The molecule has 4 saturated carbocycles. The number of hydrogen-bond acceptors (Lipinski definition) is 8. The summed E-state index contributed by atoms with van der Waals surface area (Å²) in [5.41, 5.74) is -1.80. The standard InChI is InChI=1S/C31H46N2O7/c1-28-10-5-22(40-27(36)32-14-16-33-15-9-21(34)18-33)17-30(28,37)12-7-25-24(28)6-11-29(2)23(8-13-31(25,29)38)20-3-4-26(35)39-19-20/h3-4,19,21-25,34,37-38H,5-18H2,1-2H3,(H,32,36)/t21-,22+,23-,24+,25-,28-,29-,30+,31+/m1/s1. The van der Waals surface area contributed by atoms with E-state index in [4.69, 9.17) is 9.15 Å². The van der Waals surface area contributed by atoms with Crippen molar-refractivity contribution in [3.63, 3.8) is 0 Å². The van der Waals surface area contributed by atoms with E-state index in [-0.39, 0.29) is 46.4 Å². The molecule has 40 heavy (non-hydrogen) atoms. The molecule has 1 saturated heterocycles. The highest BCUT2D eigenvalue weighted by Gasteiger charge is 2.70. The van der Waals surface area contributed by atoms with Crippen molar-refractivity contribution in [1.82, 2.24) is 10.2 Å². The molecule has 222 valence electrons. The Balaban J connectivity index is 1.11. The van der Waals surface area contributed by atoms with E-state index in [9.17, 15) is 24.9 Å². The lowest BCUT2D eigenvalue weighted by molar-refractivity contribution is -0.253. The minimum absolute atomic E-state index is 0.0992. The molecule has 0 spiro atoms. The van der Waals surface area contributed by atoms with Gasteiger partial charge in [0.2, 0.25) is 0 Å². The van der Waals surface area contributed by atoms with Crippen LogP contribution in [0.1, 0.15) is 89.5 Å². The second-order valence-corrected chi connectivity index (χ2v) is 14.0. The molecule has 9 nitrogen and oxygen atoms in total. The van der Waals surface area contributed by atoms with Gasteiger partial charge in [-0.05, 0) is 92.6 Å². The molecule has 4 N–H and O–H groups in total. The van der Waals surface area contributed by atoms with Crippen LogP contribution in [0, 0.1) is 22.7 Å². The summed E-state index contributed by atoms with van der Waals surface area (Å²) >= 11 is 0. The van der Waals surface area contributed by atoms with Gasteiger partial charge in [-0.3, -0.25) is 4.90 Å². The maximum atomic E-state index is 12.6. The number of alkyl carbamates (subject to hydrolysis) is 1. The van der Waals surface area contributed by atoms with Crippen LogP contribution < -0.4 is 10.9 Å². The van der Waals surface area contributed by atoms with Crippen molar-refractivity contribution in [3.05, 3.63) is 34.4 Å². The highest BCUT2D eigenvalue weighted by Crippen LogP contribution is 2.71. The van der Waals surface area contributed by atoms with Crippen molar-refractivity contribution in [2.24, 2.45) is 22.7 Å². The predicted octanol–water partition coefficient (Wildman–Crippen LogP) is 3.16. The maximum absolute atomic E-state index is 12.6. The van der Waals surface area contributed by atoms with E-state index in [0.717, 1.165) is 50.6 Å². The summed E-state index contributed by atoms with van der Waals surface area (Å²) in [5, 5.41) is 37.0. The molecule has 0 radical (unpaired) electrons. The Morgan fingerprint density at radius 3 is 2.55 bits per heavy atom. The number of nitrogens with zero attached hydrogens (tertiary/aromatic N) is 1. The lowest BCUT2D eigenvalue weighted by Crippen LogP contribution is -2.67. The third-order valence-electron chi connectivity index (χ3n) is 12.3. The van der Waals surface area contributed by atoms with E-state index in [1.165, 1.54) is 6.07 Å². The van der Waals surface area contributed by atoms with Crippen LogP contribution in [0.5, 0.6) is 0 Å². The maximum Gasteiger partial charge on any atom is 0.407 e. The van der Waals surface area contributed by atoms with Gasteiger partial charge in [0.15, 0.2) is 0 Å². The lowest BCUT2D eigenvalue weighted by atomic mass is 9.42. The normalized spacial score (nSPS) is 44.9. The molecular weight excluding hydrogens is 512 g/mol. The Kier molecular flexibility index (Phi) is 7.12. The van der Waals surface area contributed by atoms with E-state index in [1.807, 2.05) is 6.07 Å². The first-order valence-corrected chi connectivity index (χ1v) is 15.4. The quantitative estimate of drug-likeness (QED) is 0.433. The van der Waals surface area contributed by atoms with E-state index in [0.29, 0.717) is 45.3 Å². The number of hydrogen-bond donors (Lipinski definition) is 4. The summed E-state index contributed by atoms with van der Waals surface area (Å²) < 4.78 is 11.0. The van der Waals surface area contributed by atoms with Crippen molar-refractivity contribution in [1.29, 1.82) is 0 Å². The first kappa shape index (κ1) is 28.2. The van der Waals surface area contributed by atoms with Gasteiger partial charge in [0.25, 0.3) is 0 Å². The summed E-state index contributed by atoms with van der Waals surface area (Å²) in [5.74, 6) is 0.430.